The Labute approximate surface area is 175 Å². The van der Waals surface area contributed by atoms with Crippen molar-refractivity contribution in [1.29, 1.82) is 0 Å². The van der Waals surface area contributed by atoms with Gasteiger partial charge in [-0.05, 0) is 23.9 Å². The molecule has 3 rings (SSSR count). The maximum absolute atomic E-state index is 12.4. The molecular formula is C19H18N4O6S. The zero-order valence-corrected chi connectivity index (χ0v) is 16.6. The van der Waals surface area contributed by atoms with Crippen molar-refractivity contribution in [3.63, 3.8) is 0 Å². The molecule has 0 atom stereocenters. The van der Waals surface area contributed by atoms with Crippen LogP contribution in [-0.2, 0) is 4.79 Å². The van der Waals surface area contributed by atoms with Crippen molar-refractivity contribution in [2.45, 2.75) is 12.8 Å². The lowest BCUT2D eigenvalue weighted by Gasteiger charge is -2.13. The summed E-state index contributed by atoms with van der Waals surface area (Å²) in [4.78, 5) is 60.2. The van der Waals surface area contributed by atoms with Gasteiger partial charge in [0.25, 0.3) is 23.4 Å². The SMILES string of the molecule is O=C(CCCN1C(=O)c2ccc([N+](=O)[O-])cc2C1=O)NCCNC(=O)c1cccs1. The molecule has 0 aliphatic carbocycles. The van der Waals surface area contributed by atoms with E-state index < -0.39 is 16.7 Å². The van der Waals surface area contributed by atoms with Crippen molar-refractivity contribution in [3.8, 4) is 0 Å². The molecule has 1 aliphatic heterocycles. The lowest BCUT2D eigenvalue weighted by molar-refractivity contribution is -0.384. The minimum Gasteiger partial charge on any atom is -0.354 e. The fourth-order valence-corrected chi connectivity index (χ4v) is 3.59. The number of nitro groups is 1. The third-order valence-corrected chi connectivity index (χ3v) is 5.30. The van der Waals surface area contributed by atoms with Crippen molar-refractivity contribution >= 4 is 40.7 Å². The Morgan fingerprint density at radius 2 is 1.80 bits per heavy atom. The van der Waals surface area contributed by atoms with Crippen LogP contribution in [0.1, 0.15) is 43.2 Å². The monoisotopic (exact) mass is 430 g/mol. The maximum atomic E-state index is 12.4. The summed E-state index contributed by atoms with van der Waals surface area (Å²) in [5.74, 6) is -1.60. The molecule has 1 aromatic carbocycles. The van der Waals surface area contributed by atoms with E-state index in [-0.39, 0.29) is 61.1 Å². The third-order valence-electron chi connectivity index (χ3n) is 4.43. The van der Waals surface area contributed by atoms with Crippen LogP contribution in [0.15, 0.2) is 35.7 Å². The number of thiophene rings is 1. The number of imide groups is 1. The molecule has 10 nitrogen and oxygen atoms in total. The van der Waals surface area contributed by atoms with Gasteiger partial charge < -0.3 is 10.6 Å². The number of carbonyl (C=O) groups is 4. The predicted molar refractivity (Wildman–Crippen MR) is 107 cm³/mol. The Morgan fingerprint density at radius 3 is 2.50 bits per heavy atom. The van der Waals surface area contributed by atoms with Crippen molar-refractivity contribution < 1.29 is 24.1 Å². The minimum absolute atomic E-state index is 0.000124. The molecule has 1 aromatic heterocycles. The molecule has 11 heteroatoms. The van der Waals surface area contributed by atoms with Crippen LogP contribution in [0.4, 0.5) is 5.69 Å². The summed E-state index contributed by atoms with van der Waals surface area (Å²) in [6.07, 6.45) is 0.341. The van der Waals surface area contributed by atoms with Gasteiger partial charge in [0.2, 0.25) is 5.91 Å². The lowest BCUT2D eigenvalue weighted by atomic mass is 10.1. The van der Waals surface area contributed by atoms with E-state index in [1.54, 1.807) is 17.5 Å². The summed E-state index contributed by atoms with van der Waals surface area (Å²) in [6, 6.07) is 7.02. The topological polar surface area (TPSA) is 139 Å². The molecule has 0 unspecified atom stereocenters. The van der Waals surface area contributed by atoms with Gasteiger partial charge in [0.05, 0.1) is 20.9 Å². The molecule has 2 heterocycles. The van der Waals surface area contributed by atoms with E-state index in [9.17, 15) is 29.3 Å². The molecule has 0 fully saturated rings. The number of nitrogens with one attached hydrogen (secondary N) is 2. The van der Waals surface area contributed by atoms with Crippen LogP contribution in [0.3, 0.4) is 0 Å². The zero-order chi connectivity index (χ0) is 21.7. The lowest BCUT2D eigenvalue weighted by Crippen LogP contribution is -2.35. The first kappa shape index (κ1) is 21.1. The van der Waals surface area contributed by atoms with Crippen LogP contribution < -0.4 is 10.6 Å². The van der Waals surface area contributed by atoms with E-state index in [0.29, 0.717) is 4.88 Å². The Kier molecular flexibility index (Phi) is 6.52. The van der Waals surface area contributed by atoms with Crippen LogP contribution in [-0.4, -0.2) is 53.1 Å². The van der Waals surface area contributed by atoms with Gasteiger partial charge in [-0.1, -0.05) is 6.07 Å². The van der Waals surface area contributed by atoms with E-state index in [1.807, 2.05) is 0 Å². The highest BCUT2D eigenvalue weighted by Gasteiger charge is 2.36. The molecule has 156 valence electrons. The standard InChI is InChI=1S/C19H18N4O6S/c24-16(20-7-8-21-17(25)15-3-2-10-30-15)4-1-9-22-18(26)13-6-5-12(23(28)29)11-14(13)19(22)27/h2-3,5-6,10-11H,1,4,7-9H2,(H,20,24)(H,21,25). The fraction of sp³-hybridized carbons (Fsp3) is 0.263. The normalized spacial score (nSPS) is 12.6. The molecule has 0 saturated heterocycles. The largest absolute Gasteiger partial charge is 0.354 e. The van der Waals surface area contributed by atoms with Crippen molar-refractivity contribution in [2.75, 3.05) is 19.6 Å². The Balaban J connectivity index is 1.40. The van der Waals surface area contributed by atoms with Crippen molar-refractivity contribution in [3.05, 3.63) is 61.8 Å². The van der Waals surface area contributed by atoms with Crippen LogP contribution in [0.5, 0.6) is 0 Å². The van der Waals surface area contributed by atoms with Crippen LogP contribution in [0.25, 0.3) is 0 Å². The zero-order valence-electron chi connectivity index (χ0n) is 15.8. The number of benzene rings is 1. The number of rotatable bonds is 9. The first-order valence-corrected chi connectivity index (χ1v) is 9.99. The van der Waals surface area contributed by atoms with E-state index in [1.165, 1.54) is 23.5 Å². The first-order chi connectivity index (χ1) is 14.4. The van der Waals surface area contributed by atoms with Crippen LogP contribution in [0.2, 0.25) is 0 Å². The van der Waals surface area contributed by atoms with Gasteiger partial charge in [-0.25, -0.2) is 0 Å². The van der Waals surface area contributed by atoms with E-state index in [4.69, 9.17) is 0 Å². The molecule has 1 aliphatic rings. The highest BCUT2D eigenvalue weighted by atomic mass is 32.1. The summed E-state index contributed by atoms with van der Waals surface area (Å²) >= 11 is 1.32. The van der Waals surface area contributed by atoms with Crippen molar-refractivity contribution in [2.24, 2.45) is 0 Å². The Bertz CT molecular complexity index is 1000. The molecule has 4 amide bonds. The second kappa shape index (κ2) is 9.27. The van der Waals surface area contributed by atoms with Crippen LogP contribution in [0, 0.1) is 10.1 Å². The molecule has 0 radical (unpaired) electrons. The summed E-state index contributed by atoms with van der Waals surface area (Å²) in [5, 5.41) is 18.0. The fourth-order valence-electron chi connectivity index (χ4n) is 2.95. The number of nitro benzene ring substituents is 1. The Hall–Kier alpha value is -3.60. The molecule has 0 bridgehead atoms. The highest BCUT2D eigenvalue weighted by Crippen LogP contribution is 2.26. The Morgan fingerprint density at radius 1 is 1.07 bits per heavy atom. The molecule has 30 heavy (non-hydrogen) atoms. The third kappa shape index (κ3) is 4.69. The molecule has 2 N–H and O–H groups in total. The van der Waals surface area contributed by atoms with Gasteiger partial charge in [-0.3, -0.25) is 34.2 Å². The molecular weight excluding hydrogens is 412 g/mol. The summed E-state index contributed by atoms with van der Waals surface area (Å²) in [7, 11) is 0. The highest BCUT2D eigenvalue weighted by molar-refractivity contribution is 7.12. The summed E-state index contributed by atoms with van der Waals surface area (Å²) in [6.45, 7) is 0.564. The van der Waals surface area contributed by atoms with E-state index in [0.717, 1.165) is 11.0 Å². The van der Waals surface area contributed by atoms with E-state index >= 15 is 0 Å². The van der Waals surface area contributed by atoms with Crippen molar-refractivity contribution in [1.82, 2.24) is 15.5 Å². The second-order valence-corrected chi connectivity index (χ2v) is 7.38. The smallest absolute Gasteiger partial charge is 0.270 e. The summed E-state index contributed by atoms with van der Waals surface area (Å²) in [5.41, 5.74) is -0.140. The number of non-ortho nitro benzene ring substituents is 1. The van der Waals surface area contributed by atoms with Gasteiger partial charge in [-0.2, -0.15) is 0 Å². The number of carbonyl (C=O) groups excluding carboxylic acids is 4. The number of fused-ring (bicyclic) bond motifs is 1. The van der Waals surface area contributed by atoms with Gasteiger partial charge in [0.15, 0.2) is 0 Å². The molecule has 2 aromatic rings. The quantitative estimate of drug-likeness (QED) is 0.268. The first-order valence-electron chi connectivity index (χ1n) is 9.11. The van der Waals surface area contributed by atoms with Gasteiger partial charge >= 0.3 is 0 Å². The number of hydrogen-bond acceptors (Lipinski definition) is 7. The van der Waals surface area contributed by atoms with Gasteiger partial charge in [-0.15, -0.1) is 11.3 Å². The van der Waals surface area contributed by atoms with E-state index in [2.05, 4.69) is 10.6 Å². The number of hydrogen-bond donors (Lipinski definition) is 2. The molecule has 0 spiro atoms. The maximum Gasteiger partial charge on any atom is 0.270 e. The minimum atomic E-state index is -0.631. The average molecular weight is 430 g/mol. The van der Waals surface area contributed by atoms with Crippen LogP contribution >= 0.6 is 11.3 Å². The van der Waals surface area contributed by atoms with Gasteiger partial charge in [0, 0.05) is 38.2 Å². The number of nitrogens with zero attached hydrogens (tertiary/aromatic N) is 2. The average Bonchev–Trinajstić information content (AvgIpc) is 3.34. The molecule has 0 saturated carbocycles. The number of amides is 4. The van der Waals surface area contributed by atoms with Gasteiger partial charge in [0.1, 0.15) is 0 Å². The summed E-state index contributed by atoms with van der Waals surface area (Å²) < 4.78 is 0. The predicted octanol–water partition coefficient (Wildman–Crippen LogP) is 1.58. The second-order valence-electron chi connectivity index (χ2n) is 6.44.